The predicted octanol–water partition coefficient (Wildman–Crippen LogP) is 2.52. The second-order valence-corrected chi connectivity index (χ2v) is 3.79. The largest absolute Gasteiger partial charge is 0.508 e. The quantitative estimate of drug-likeness (QED) is 0.454. The van der Waals surface area contributed by atoms with Gasteiger partial charge in [-0.1, -0.05) is 35.9 Å². The number of hydrogen-bond acceptors (Lipinski definition) is 3. The zero-order valence-corrected chi connectivity index (χ0v) is 9.24. The predicted molar refractivity (Wildman–Crippen MR) is 53.6 cm³/mol. The van der Waals surface area contributed by atoms with Gasteiger partial charge in [-0.05, 0) is 6.42 Å². The molecular weight excluding hydrogens is 271 g/mol. The molecule has 0 saturated carbocycles. The van der Waals surface area contributed by atoms with Crippen LogP contribution in [0.1, 0.15) is 26.2 Å². The third-order valence-electron chi connectivity index (χ3n) is 1.83. The van der Waals surface area contributed by atoms with Gasteiger partial charge in [0.1, 0.15) is 12.2 Å². The van der Waals surface area contributed by atoms with E-state index in [1.807, 2.05) is 0 Å². The number of carbonyl (C=O) groups is 1. The minimum Gasteiger partial charge on any atom is -0.431 e. The van der Waals surface area contributed by atoms with E-state index in [4.69, 9.17) is 9.47 Å². The van der Waals surface area contributed by atoms with Gasteiger partial charge in [0.2, 0.25) is 0 Å². The summed E-state index contributed by atoms with van der Waals surface area (Å²) in [7, 11) is 0. The second kappa shape index (κ2) is 4.89. The van der Waals surface area contributed by atoms with Crippen molar-refractivity contribution in [2.24, 2.45) is 0 Å². The van der Waals surface area contributed by atoms with Crippen LogP contribution in [0.5, 0.6) is 0 Å². The lowest BCUT2D eigenvalue weighted by atomic mass is 10.1. The molecule has 1 aliphatic rings. The van der Waals surface area contributed by atoms with Crippen LogP contribution in [0.15, 0.2) is 0 Å². The van der Waals surface area contributed by atoms with E-state index < -0.39 is 6.16 Å². The number of ether oxygens (including phenoxy) is 2. The van der Waals surface area contributed by atoms with Crippen LogP contribution in [-0.2, 0) is 9.47 Å². The number of rotatable bonds is 3. The molecule has 0 aliphatic carbocycles. The van der Waals surface area contributed by atoms with E-state index in [0.29, 0.717) is 0 Å². The summed E-state index contributed by atoms with van der Waals surface area (Å²) in [6, 6.07) is 0. The average Bonchev–Trinajstić information content (AvgIpc) is 2.04. The normalized spacial score (nSPS) is 29.3. The number of halogens is 1. The first-order valence-corrected chi connectivity index (χ1v) is 5.72. The first-order chi connectivity index (χ1) is 5.76. The first-order valence-electron chi connectivity index (χ1n) is 4.19. The molecule has 1 aliphatic heterocycles. The highest BCUT2D eigenvalue weighted by Crippen LogP contribution is 2.20. The van der Waals surface area contributed by atoms with Gasteiger partial charge in [-0.2, -0.15) is 0 Å². The third kappa shape index (κ3) is 2.80. The highest BCUT2D eigenvalue weighted by Gasteiger charge is 2.28. The zero-order valence-electron chi connectivity index (χ0n) is 7.09. The molecule has 0 radical (unpaired) electrons. The van der Waals surface area contributed by atoms with E-state index in [1.165, 1.54) is 0 Å². The summed E-state index contributed by atoms with van der Waals surface area (Å²) >= 11 is 2.22. The third-order valence-corrected chi connectivity index (χ3v) is 2.82. The molecule has 1 saturated heterocycles. The van der Waals surface area contributed by atoms with Crippen LogP contribution >= 0.6 is 22.6 Å². The molecule has 1 fully saturated rings. The number of carbonyl (C=O) groups excluding carboxylic acids is 1. The van der Waals surface area contributed by atoms with E-state index in [9.17, 15) is 4.79 Å². The maximum atomic E-state index is 10.9. The smallest absolute Gasteiger partial charge is 0.431 e. The molecule has 1 heterocycles. The summed E-state index contributed by atoms with van der Waals surface area (Å²) in [6.07, 6.45) is 2.48. The molecule has 2 atom stereocenters. The number of cyclic esters (lactones) is 2. The molecular formula is C8H13IO3. The fourth-order valence-electron chi connectivity index (χ4n) is 1.28. The molecule has 0 aromatic rings. The topological polar surface area (TPSA) is 35.5 Å². The van der Waals surface area contributed by atoms with E-state index in [0.717, 1.165) is 23.7 Å². The van der Waals surface area contributed by atoms with Crippen molar-refractivity contribution >= 4 is 28.7 Å². The van der Waals surface area contributed by atoms with Gasteiger partial charge in [0.05, 0.1) is 0 Å². The summed E-state index contributed by atoms with van der Waals surface area (Å²) in [5.74, 6) is 0. The molecule has 3 nitrogen and oxygen atoms in total. The molecule has 0 spiro atoms. The Labute approximate surface area is 85.9 Å². The monoisotopic (exact) mass is 284 g/mol. The van der Waals surface area contributed by atoms with Crippen molar-refractivity contribution in [3.8, 4) is 0 Å². The van der Waals surface area contributed by atoms with Crippen LogP contribution in [-0.4, -0.2) is 22.8 Å². The molecule has 0 unspecified atom stereocenters. The maximum Gasteiger partial charge on any atom is 0.508 e. The minimum atomic E-state index is -0.499. The SMILES string of the molecule is CCC[C@H]1C[C@@H](CI)OC(=O)O1. The van der Waals surface area contributed by atoms with Crippen LogP contribution in [0.4, 0.5) is 4.79 Å². The Morgan fingerprint density at radius 3 is 2.75 bits per heavy atom. The molecule has 4 heteroatoms. The van der Waals surface area contributed by atoms with Gasteiger partial charge in [-0.25, -0.2) is 4.79 Å². The molecule has 0 aromatic carbocycles. The molecule has 0 aromatic heterocycles. The number of alkyl halides is 1. The van der Waals surface area contributed by atoms with Gasteiger partial charge in [0.15, 0.2) is 0 Å². The first kappa shape index (κ1) is 10.1. The Bertz CT molecular complexity index is 160. The van der Waals surface area contributed by atoms with Crippen LogP contribution in [0.25, 0.3) is 0 Å². The van der Waals surface area contributed by atoms with Crippen molar-refractivity contribution < 1.29 is 14.3 Å². The highest BCUT2D eigenvalue weighted by atomic mass is 127. The summed E-state index contributed by atoms with van der Waals surface area (Å²) in [5, 5.41) is 0. The Morgan fingerprint density at radius 2 is 2.17 bits per heavy atom. The van der Waals surface area contributed by atoms with Crippen molar-refractivity contribution in [1.82, 2.24) is 0 Å². The summed E-state index contributed by atoms with van der Waals surface area (Å²) < 4.78 is 10.8. The molecule has 12 heavy (non-hydrogen) atoms. The van der Waals surface area contributed by atoms with Gasteiger partial charge in [-0.3, -0.25) is 0 Å². The second-order valence-electron chi connectivity index (χ2n) is 2.91. The van der Waals surface area contributed by atoms with Crippen molar-refractivity contribution in [3.05, 3.63) is 0 Å². The van der Waals surface area contributed by atoms with Crippen molar-refractivity contribution in [3.63, 3.8) is 0 Å². The fraction of sp³-hybridized carbons (Fsp3) is 0.875. The summed E-state index contributed by atoms with van der Waals surface area (Å²) in [6.45, 7) is 2.09. The summed E-state index contributed by atoms with van der Waals surface area (Å²) in [5.41, 5.74) is 0. The van der Waals surface area contributed by atoms with Crippen molar-refractivity contribution in [1.29, 1.82) is 0 Å². The standard InChI is InChI=1S/C8H13IO3/c1-2-3-6-4-7(5-9)12-8(10)11-6/h6-7H,2-5H2,1H3/t6-,7-/m0/s1. The molecule has 0 bridgehead atoms. The lowest BCUT2D eigenvalue weighted by molar-refractivity contribution is -0.0536. The fourth-order valence-corrected chi connectivity index (χ4v) is 1.82. The number of hydrogen-bond donors (Lipinski definition) is 0. The van der Waals surface area contributed by atoms with Crippen LogP contribution in [0.3, 0.4) is 0 Å². The molecule has 1 rings (SSSR count). The Hall–Kier alpha value is 0. The summed E-state index contributed by atoms with van der Waals surface area (Å²) in [4.78, 5) is 10.9. The van der Waals surface area contributed by atoms with E-state index in [1.54, 1.807) is 0 Å². The van der Waals surface area contributed by atoms with Gasteiger partial charge >= 0.3 is 6.16 Å². The Kier molecular flexibility index (Phi) is 4.11. The zero-order chi connectivity index (χ0) is 8.97. The van der Waals surface area contributed by atoms with Crippen LogP contribution in [0.2, 0.25) is 0 Å². The van der Waals surface area contributed by atoms with E-state index >= 15 is 0 Å². The lowest BCUT2D eigenvalue weighted by Crippen LogP contribution is -2.35. The molecule has 70 valence electrons. The van der Waals surface area contributed by atoms with Crippen molar-refractivity contribution in [2.75, 3.05) is 4.43 Å². The highest BCUT2D eigenvalue weighted by molar-refractivity contribution is 14.1. The van der Waals surface area contributed by atoms with Crippen LogP contribution in [0, 0.1) is 0 Å². The van der Waals surface area contributed by atoms with E-state index in [2.05, 4.69) is 29.5 Å². The average molecular weight is 284 g/mol. The minimum absolute atomic E-state index is 0.0587. The molecule has 0 N–H and O–H groups in total. The van der Waals surface area contributed by atoms with Gasteiger partial charge < -0.3 is 9.47 Å². The van der Waals surface area contributed by atoms with Crippen molar-refractivity contribution in [2.45, 2.75) is 38.4 Å². The van der Waals surface area contributed by atoms with E-state index in [-0.39, 0.29) is 12.2 Å². The Balaban J connectivity index is 2.39. The van der Waals surface area contributed by atoms with Gasteiger partial charge in [0.25, 0.3) is 0 Å². The maximum absolute atomic E-state index is 10.9. The van der Waals surface area contributed by atoms with Gasteiger partial charge in [0, 0.05) is 10.8 Å². The molecule has 0 amide bonds. The van der Waals surface area contributed by atoms with Gasteiger partial charge in [-0.15, -0.1) is 0 Å². The lowest BCUT2D eigenvalue weighted by Gasteiger charge is -2.27. The van der Waals surface area contributed by atoms with Crippen LogP contribution < -0.4 is 0 Å². The Morgan fingerprint density at radius 1 is 1.50 bits per heavy atom.